The molecule has 0 aliphatic carbocycles. The lowest BCUT2D eigenvalue weighted by molar-refractivity contribution is -0.136. The van der Waals surface area contributed by atoms with Crippen LogP contribution in [0.3, 0.4) is 0 Å². The lowest BCUT2D eigenvalue weighted by atomic mass is 10.1. The molecule has 18 heavy (non-hydrogen) atoms. The highest BCUT2D eigenvalue weighted by Crippen LogP contribution is 2.34. The van der Waals surface area contributed by atoms with Gasteiger partial charge in [-0.2, -0.15) is 13.2 Å². The van der Waals surface area contributed by atoms with E-state index >= 15 is 0 Å². The van der Waals surface area contributed by atoms with Crippen LogP contribution in [0.25, 0.3) is 0 Å². The smallest absolute Gasteiger partial charge is 0.325 e. The largest absolute Gasteiger partial charge is 0.418 e. The molecule has 0 heterocycles. The number of alkyl halides is 3. The molecule has 0 aliphatic heterocycles. The molecule has 0 fully saturated rings. The van der Waals surface area contributed by atoms with Crippen molar-refractivity contribution < 1.29 is 18.0 Å². The number of hydrogen-bond acceptors (Lipinski definition) is 1. The molecule has 0 aliphatic rings. The molecule has 96 valence electrons. The number of benzene rings is 1. The molecule has 1 unspecified atom stereocenters. The van der Waals surface area contributed by atoms with Crippen molar-refractivity contribution >= 4 is 11.7 Å². The molecule has 2 amide bonds. The van der Waals surface area contributed by atoms with E-state index in [1.54, 1.807) is 0 Å². The van der Waals surface area contributed by atoms with E-state index in [0.29, 0.717) is 0 Å². The number of carbonyl (C=O) groups is 1. The first-order valence-corrected chi connectivity index (χ1v) is 5.04. The number of para-hydroxylation sites is 1. The van der Waals surface area contributed by atoms with Crippen LogP contribution in [0.1, 0.15) is 12.5 Å². The molecule has 2 N–H and O–H groups in total. The second-order valence-electron chi connectivity index (χ2n) is 3.53. The number of amides is 2. The standard InChI is InChI=1S/C12H11F3N2O/c1-3-8(2)16-11(18)17-10-7-5-4-6-9(10)12(13,14)15/h1,4-8H,2H3,(H2,16,17,18). The van der Waals surface area contributed by atoms with Crippen molar-refractivity contribution in [1.82, 2.24) is 5.32 Å². The van der Waals surface area contributed by atoms with Crippen LogP contribution < -0.4 is 10.6 Å². The van der Waals surface area contributed by atoms with E-state index in [1.165, 1.54) is 25.1 Å². The van der Waals surface area contributed by atoms with Crippen molar-refractivity contribution in [2.45, 2.75) is 19.1 Å². The van der Waals surface area contributed by atoms with Crippen LogP contribution in [0.4, 0.5) is 23.7 Å². The number of terminal acetylenes is 1. The summed E-state index contributed by atoms with van der Waals surface area (Å²) in [4.78, 5) is 11.4. The maximum absolute atomic E-state index is 12.6. The van der Waals surface area contributed by atoms with Gasteiger partial charge in [-0.1, -0.05) is 18.1 Å². The predicted molar refractivity (Wildman–Crippen MR) is 61.9 cm³/mol. The molecule has 1 aromatic rings. The number of rotatable bonds is 2. The van der Waals surface area contributed by atoms with Gasteiger partial charge in [0.2, 0.25) is 0 Å². The van der Waals surface area contributed by atoms with Crippen molar-refractivity contribution in [2.75, 3.05) is 5.32 Å². The van der Waals surface area contributed by atoms with Crippen LogP contribution in [0.5, 0.6) is 0 Å². The number of nitrogens with one attached hydrogen (secondary N) is 2. The van der Waals surface area contributed by atoms with Gasteiger partial charge in [-0.25, -0.2) is 4.79 Å². The van der Waals surface area contributed by atoms with E-state index in [9.17, 15) is 18.0 Å². The van der Waals surface area contributed by atoms with Gasteiger partial charge in [0.25, 0.3) is 0 Å². The third-order valence-corrected chi connectivity index (χ3v) is 2.08. The van der Waals surface area contributed by atoms with Crippen LogP contribution in [-0.4, -0.2) is 12.1 Å². The summed E-state index contributed by atoms with van der Waals surface area (Å²) in [6.07, 6.45) is 0.514. The third kappa shape index (κ3) is 3.70. The molecule has 1 aromatic carbocycles. The predicted octanol–water partition coefficient (Wildman–Crippen LogP) is 2.85. The summed E-state index contributed by atoms with van der Waals surface area (Å²) in [7, 11) is 0. The molecule has 1 rings (SSSR count). The molecular formula is C12H11F3N2O. The molecule has 0 spiro atoms. The lowest BCUT2D eigenvalue weighted by Crippen LogP contribution is -2.35. The topological polar surface area (TPSA) is 41.1 Å². The first-order chi connectivity index (χ1) is 8.34. The summed E-state index contributed by atoms with van der Waals surface area (Å²) in [5.41, 5.74) is -1.22. The zero-order valence-corrected chi connectivity index (χ0v) is 9.51. The van der Waals surface area contributed by atoms with E-state index in [1.807, 2.05) is 0 Å². The van der Waals surface area contributed by atoms with Crippen molar-refractivity contribution in [3.63, 3.8) is 0 Å². The molecule has 1 atom stereocenters. The average molecular weight is 256 g/mol. The molecule has 0 bridgehead atoms. The monoisotopic (exact) mass is 256 g/mol. The van der Waals surface area contributed by atoms with Crippen molar-refractivity contribution in [1.29, 1.82) is 0 Å². The second kappa shape index (κ2) is 5.45. The Bertz CT molecular complexity index is 477. The number of hydrogen-bond donors (Lipinski definition) is 2. The maximum atomic E-state index is 12.6. The Morgan fingerprint density at radius 3 is 2.56 bits per heavy atom. The van der Waals surface area contributed by atoms with Crippen molar-refractivity contribution in [3.8, 4) is 12.3 Å². The maximum Gasteiger partial charge on any atom is 0.418 e. The fourth-order valence-electron chi connectivity index (χ4n) is 1.24. The Labute approximate surface area is 102 Å². The summed E-state index contributed by atoms with van der Waals surface area (Å²) in [5, 5.41) is 4.42. The highest BCUT2D eigenvalue weighted by molar-refractivity contribution is 5.90. The molecule has 6 heteroatoms. The molecular weight excluding hydrogens is 245 g/mol. The molecule has 0 saturated heterocycles. The summed E-state index contributed by atoms with van der Waals surface area (Å²) in [6, 6.07) is 3.36. The van der Waals surface area contributed by atoms with Gasteiger partial charge < -0.3 is 10.6 Å². The van der Waals surface area contributed by atoms with Gasteiger partial charge in [-0.3, -0.25) is 0 Å². The Balaban J connectivity index is 2.86. The molecule has 0 saturated carbocycles. The van der Waals surface area contributed by atoms with Gasteiger partial charge in [0.15, 0.2) is 0 Å². The quantitative estimate of drug-likeness (QED) is 0.785. The first kappa shape index (κ1) is 13.9. The van der Waals surface area contributed by atoms with Crippen molar-refractivity contribution in [2.24, 2.45) is 0 Å². The Kier molecular flexibility index (Phi) is 4.21. The summed E-state index contributed by atoms with van der Waals surface area (Å²) < 4.78 is 37.9. The van der Waals surface area contributed by atoms with Crippen LogP contribution in [0.15, 0.2) is 24.3 Å². The van der Waals surface area contributed by atoms with E-state index < -0.39 is 23.8 Å². The Hall–Kier alpha value is -2.16. The highest BCUT2D eigenvalue weighted by Gasteiger charge is 2.33. The lowest BCUT2D eigenvalue weighted by Gasteiger charge is -2.14. The minimum atomic E-state index is -4.53. The van der Waals surface area contributed by atoms with Gasteiger partial charge in [0.05, 0.1) is 17.3 Å². The van der Waals surface area contributed by atoms with E-state index in [0.717, 1.165) is 6.07 Å². The van der Waals surface area contributed by atoms with Gasteiger partial charge in [-0.15, -0.1) is 6.42 Å². The summed E-state index contributed by atoms with van der Waals surface area (Å²) in [5.74, 6) is 2.23. The van der Waals surface area contributed by atoms with E-state index in [-0.39, 0.29) is 5.69 Å². The Morgan fingerprint density at radius 1 is 1.39 bits per heavy atom. The van der Waals surface area contributed by atoms with E-state index in [2.05, 4.69) is 16.6 Å². The van der Waals surface area contributed by atoms with Crippen LogP contribution >= 0.6 is 0 Å². The third-order valence-electron chi connectivity index (χ3n) is 2.08. The molecule has 3 nitrogen and oxygen atoms in total. The summed E-state index contributed by atoms with van der Waals surface area (Å²) in [6.45, 7) is 1.54. The van der Waals surface area contributed by atoms with Gasteiger partial charge >= 0.3 is 12.2 Å². The first-order valence-electron chi connectivity index (χ1n) is 5.04. The van der Waals surface area contributed by atoms with Gasteiger partial charge in [-0.05, 0) is 19.1 Å². The van der Waals surface area contributed by atoms with Gasteiger partial charge in [0, 0.05) is 0 Å². The van der Waals surface area contributed by atoms with Crippen LogP contribution in [0, 0.1) is 12.3 Å². The Morgan fingerprint density at radius 2 is 2.00 bits per heavy atom. The zero-order valence-electron chi connectivity index (χ0n) is 9.51. The fraction of sp³-hybridized carbons (Fsp3) is 0.250. The second-order valence-corrected chi connectivity index (χ2v) is 3.53. The van der Waals surface area contributed by atoms with Crippen LogP contribution in [-0.2, 0) is 6.18 Å². The fourth-order valence-corrected chi connectivity index (χ4v) is 1.24. The zero-order chi connectivity index (χ0) is 13.8. The number of urea groups is 1. The summed E-state index contributed by atoms with van der Waals surface area (Å²) >= 11 is 0. The van der Waals surface area contributed by atoms with Gasteiger partial charge in [0.1, 0.15) is 0 Å². The minimum Gasteiger partial charge on any atom is -0.325 e. The number of carbonyl (C=O) groups excluding carboxylic acids is 1. The average Bonchev–Trinajstić information content (AvgIpc) is 2.27. The normalized spacial score (nSPS) is 12.4. The highest BCUT2D eigenvalue weighted by atomic mass is 19.4. The SMILES string of the molecule is C#CC(C)NC(=O)Nc1ccccc1C(F)(F)F. The van der Waals surface area contributed by atoms with E-state index in [4.69, 9.17) is 6.42 Å². The number of halogens is 3. The molecule has 0 radical (unpaired) electrons. The molecule has 0 aromatic heterocycles. The van der Waals surface area contributed by atoms with Crippen LogP contribution in [0.2, 0.25) is 0 Å². The minimum absolute atomic E-state index is 0.313. The van der Waals surface area contributed by atoms with Crippen molar-refractivity contribution in [3.05, 3.63) is 29.8 Å². The number of anilines is 1.